The fraction of sp³-hybridized carbons (Fsp3) is 0.300. The molecule has 0 bridgehead atoms. The highest BCUT2D eigenvalue weighted by Crippen LogP contribution is 2.27. The molecule has 0 spiro atoms. The molecule has 1 fully saturated rings. The van der Waals surface area contributed by atoms with Gasteiger partial charge in [0, 0.05) is 24.5 Å². The Morgan fingerprint density at radius 2 is 1.96 bits per heavy atom. The summed E-state index contributed by atoms with van der Waals surface area (Å²) in [6.45, 7) is 5.96. The normalized spacial score (nSPS) is 15.0. The number of nitriles is 1. The molecule has 6 heteroatoms. The van der Waals surface area contributed by atoms with Crippen molar-refractivity contribution in [2.45, 2.75) is 13.8 Å². The van der Waals surface area contributed by atoms with Gasteiger partial charge in [-0.15, -0.1) is 0 Å². The number of amides is 1. The van der Waals surface area contributed by atoms with Gasteiger partial charge in [0.2, 0.25) is 0 Å². The molecule has 2 heterocycles. The molecular formula is C20H20ClN3O2. The SMILES string of the molecule is Cc1cc(/C=C(\C#N)C(=O)N2CCOCC2)c(C)n1-c1ccccc1Cl. The van der Waals surface area contributed by atoms with Gasteiger partial charge in [0.15, 0.2) is 0 Å². The van der Waals surface area contributed by atoms with E-state index in [1.165, 1.54) is 0 Å². The zero-order valence-electron chi connectivity index (χ0n) is 14.8. The third-order valence-electron chi connectivity index (χ3n) is 4.51. The third kappa shape index (κ3) is 3.52. The van der Waals surface area contributed by atoms with Gasteiger partial charge in [0.05, 0.1) is 23.9 Å². The van der Waals surface area contributed by atoms with Crippen LogP contribution in [0.2, 0.25) is 5.02 Å². The molecule has 134 valence electrons. The number of halogens is 1. The van der Waals surface area contributed by atoms with Crippen LogP contribution >= 0.6 is 11.6 Å². The van der Waals surface area contributed by atoms with Crippen molar-refractivity contribution in [2.75, 3.05) is 26.3 Å². The predicted molar refractivity (Wildman–Crippen MR) is 101 cm³/mol. The van der Waals surface area contributed by atoms with Gasteiger partial charge in [0.1, 0.15) is 11.6 Å². The molecule has 1 amide bonds. The van der Waals surface area contributed by atoms with Crippen LogP contribution < -0.4 is 0 Å². The number of aromatic nitrogens is 1. The summed E-state index contributed by atoms with van der Waals surface area (Å²) in [5.41, 5.74) is 3.75. The second-order valence-corrected chi connectivity index (χ2v) is 6.59. The molecule has 1 aliphatic heterocycles. The molecule has 0 N–H and O–H groups in total. The lowest BCUT2D eigenvalue weighted by atomic mass is 10.1. The molecule has 5 nitrogen and oxygen atoms in total. The van der Waals surface area contributed by atoms with Gasteiger partial charge in [-0.05, 0) is 43.7 Å². The van der Waals surface area contributed by atoms with E-state index >= 15 is 0 Å². The number of aryl methyl sites for hydroxylation is 1. The second kappa shape index (κ2) is 7.77. The number of nitrogens with zero attached hydrogens (tertiary/aromatic N) is 3. The summed E-state index contributed by atoms with van der Waals surface area (Å²) in [4.78, 5) is 14.3. The molecule has 0 saturated carbocycles. The van der Waals surface area contributed by atoms with Crippen molar-refractivity contribution < 1.29 is 9.53 Å². The first-order valence-corrected chi connectivity index (χ1v) is 8.83. The van der Waals surface area contributed by atoms with E-state index in [-0.39, 0.29) is 11.5 Å². The summed E-state index contributed by atoms with van der Waals surface area (Å²) >= 11 is 6.34. The smallest absolute Gasteiger partial charge is 0.264 e. The van der Waals surface area contributed by atoms with Crippen molar-refractivity contribution in [1.29, 1.82) is 5.26 Å². The number of carbonyl (C=O) groups excluding carboxylic acids is 1. The summed E-state index contributed by atoms with van der Waals surface area (Å²) in [6, 6.07) is 11.6. The third-order valence-corrected chi connectivity index (χ3v) is 4.83. The van der Waals surface area contributed by atoms with Gasteiger partial charge in [-0.1, -0.05) is 23.7 Å². The number of benzene rings is 1. The minimum Gasteiger partial charge on any atom is -0.378 e. The number of rotatable bonds is 3. The Bertz CT molecular complexity index is 902. The summed E-state index contributed by atoms with van der Waals surface area (Å²) in [5, 5.41) is 10.1. The molecule has 0 radical (unpaired) electrons. The molecule has 2 aromatic rings. The lowest BCUT2D eigenvalue weighted by Crippen LogP contribution is -2.41. The van der Waals surface area contributed by atoms with Gasteiger partial charge in [-0.2, -0.15) is 5.26 Å². The lowest BCUT2D eigenvalue weighted by molar-refractivity contribution is -0.130. The largest absolute Gasteiger partial charge is 0.378 e. The molecule has 0 atom stereocenters. The summed E-state index contributed by atoms with van der Waals surface area (Å²) in [5.74, 6) is -0.252. The van der Waals surface area contributed by atoms with Gasteiger partial charge in [0.25, 0.3) is 5.91 Å². The summed E-state index contributed by atoms with van der Waals surface area (Å²) < 4.78 is 7.30. The van der Waals surface area contributed by atoms with E-state index in [0.717, 1.165) is 22.6 Å². The van der Waals surface area contributed by atoms with Crippen LogP contribution in [0, 0.1) is 25.2 Å². The van der Waals surface area contributed by atoms with Gasteiger partial charge >= 0.3 is 0 Å². The number of ether oxygens (including phenoxy) is 1. The Kier molecular flexibility index (Phi) is 5.46. The Morgan fingerprint density at radius 1 is 1.27 bits per heavy atom. The molecular weight excluding hydrogens is 350 g/mol. The Balaban J connectivity index is 1.98. The molecule has 0 aliphatic carbocycles. The van der Waals surface area contributed by atoms with Crippen molar-refractivity contribution in [3.8, 4) is 11.8 Å². The molecule has 1 aliphatic rings. The lowest BCUT2D eigenvalue weighted by Gasteiger charge is -2.26. The van der Waals surface area contributed by atoms with E-state index in [1.54, 1.807) is 11.0 Å². The van der Waals surface area contributed by atoms with Crippen LogP contribution in [-0.2, 0) is 9.53 Å². The maximum Gasteiger partial charge on any atom is 0.264 e. The molecule has 26 heavy (non-hydrogen) atoms. The Hall–Kier alpha value is -2.55. The first-order chi connectivity index (χ1) is 12.5. The van der Waals surface area contributed by atoms with Crippen molar-refractivity contribution >= 4 is 23.6 Å². The van der Waals surface area contributed by atoms with Crippen LogP contribution in [0.1, 0.15) is 17.0 Å². The van der Waals surface area contributed by atoms with E-state index in [2.05, 4.69) is 0 Å². The van der Waals surface area contributed by atoms with Crippen LogP contribution in [0.15, 0.2) is 35.9 Å². The minimum absolute atomic E-state index is 0.131. The zero-order chi connectivity index (χ0) is 18.7. The van der Waals surface area contributed by atoms with Gasteiger partial charge in [-0.25, -0.2) is 0 Å². The highest BCUT2D eigenvalue weighted by Gasteiger charge is 2.21. The van der Waals surface area contributed by atoms with Crippen molar-refractivity contribution in [3.05, 3.63) is 57.9 Å². The highest BCUT2D eigenvalue weighted by atomic mass is 35.5. The summed E-state index contributed by atoms with van der Waals surface area (Å²) in [7, 11) is 0. The van der Waals surface area contributed by atoms with E-state index in [0.29, 0.717) is 31.3 Å². The van der Waals surface area contributed by atoms with E-state index in [1.807, 2.05) is 54.8 Å². The van der Waals surface area contributed by atoms with E-state index in [9.17, 15) is 10.1 Å². The maximum atomic E-state index is 12.6. The molecule has 1 aromatic carbocycles. The van der Waals surface area contributed by atoms with E-state index in [4.69, 9.17) is 16.3 Å². The van der Waals surface area contributed by atoms with Gasteiger partial charge < -0.3 is 14.2 Å². The average Bonchev–Trinajstić information content (AvgIpc) is 2.94. The van der Waals surface area contributed by atoms with Crippen molar-refractivity contribution in [3.63, 3.8) is 0 Å². The first kappa shape index (κ1) is 18.2. The monoisotopic (exact) mass is 369 g/mol. The Labute approximate surface area is 158 Å². The topological polar surface area (TPSA) is 58.3 Å². The van der Waals surface area contributed by atoms with Crippen molar-refractivity contribution in [2.24, 2.45) is 0 Å². The highest BCUT2D eigenvalue weighted by molar-refractivity contribution is 6.32. The number of morpholine rings is 1. The average molecular weight is 370 g/mol. The first-order valence-electron chi connectivity index (χ1n) is 8.45. The van der Waals surface area contributed by atoms with Crippen LogP contribution in [0.25, 0.3) is 11.8 Å². The van der Waals surface area contributed by atoms with Crippen molar-refractivity contribution in [1.82, 2.24) is 9.47 Å². The number of carbonyl (C=O) groups is 1. The van der Waals surface area contributed by atoms with Gasteiger partial charge in [-0.3, -0.25) is 4.79 Å². The van der Waals surface area contributed by atoms with Crippen LogP contribution in [0.5, 0.6) is 0 Å². The standard InChI is InChI=1S/C20H20ClN3O2/c1-14-11-16(15(2)24(14)19-6-4-3-5-18(19)21)12-17(13-22)20(25)23-7-9-26-10-8-23/h3-6,11-12H,7-10H2,1-2H3/b17-12+. The molecule has 0 unspecified atom stereocenters. The number of para-hydroxylation sites is 1. The molecule has 1 saturated heterocycles. The predicted octanol–water partition coefficient (Wildman–Crippen LogP) is 3.51. The van der Waals surface area contributed by atoms with Crippen LogP contribution in [-0.4, -0.2) is 41.7 Å². The minimum atomic E-state index is -0.252. The summed E-state index contributed by atoms with van der Waals surface area (Å²) in [6.07, 6.45) is 1.66. The Morgan fingerprint density at radius 3 is 2.62 bits per heavy atom. The fourth-order valence-electron chi connectivity index (χ4n) is 3.17. The fourth-order valence-corrected chi connectivity index (χ4v) is 3.39. The quantitative estimate of drug-likeness (QED) is 0.614. The number of hydrogen-bond donors (Lipinski definition) is 0. The van der Waals surface area contributed by atoms with E-state index < -0.39 is 0 Å². The number of hydrogen-bond acceptors (Lipinski definition) is 3. The zero-order valence-corrected chi connectivity index (χ0v) is 15.6. The molecule has 3 rings (SSSR count). The van der Waals surface area contributed by atoms with Crippen LogP contribution in [0.3, 0.4) is 0 Å². The second-order valence-electron chi connectivity index (χ2n) is 6.19. The molecule has 1 aromatic heterocycles. The van der Waals surface area contributed by atoms with Crippen LogP contribution in [0.4, 0.5) is 0 Å². The maximum absolute atomic E-state index is 12.6.